The number of halogens is 1. The van der Waals surface area contributed by atoms with Crippen molar-refractivity contribution in [1.82, 2.24) is 19.3 Å². The maximum atomic E-state index is 14.0. The second-order valence-electron chi connectivity index (χ2n) is 9.52. The fourth-order valence-corrected chi connectivity index (χ4v) is 6.79. The molecule has 3 aromatic rings. The quantitative estimate of drug-likeness (QED) is 0.473. The van der Waals surface area contributed by atoms with Gasteiger partial charge < -0.3 is 14.3 Å². The van der Waals surface area contributed by atoms with E-state index >= 15 is 0 Å². The molecule has 0 radical (unpaired) electrons. The summed E-state index contributed by atoms with van der Waals surface area (Å²) in [4.78, 5) is 21.7. The van der Waals surface area contributed by atoms with Crippen molar-refractivity contribution in [3.05, 3.63) is 71.5 Å². The van der Waals surface area contributed by atoms with Gasteiger partial charge in [-0.05, 0) is 50.1 Å². The Bertz CT molecular complexity index is 1420. The van der Waals surface area contributed by atoms with E-state index in [0.717, 1.165) is 5.82 Å². The van der Waals surface area contributed by atoms with E-state index in [-0.39, 0.29) is 28.8 Å². The van der Waals surface area contributed by atoms with Gasteiger partial charge in [-0.25, -0.2) is 17.8 Å². The van der Waals surface area contributed by atoms with E-state index < -0.39 is 21.8 Å². The highest BCUT2D eigenvalue weighted by molar-refractivity contribution is 7.89. The summed E-state index contributed by atoms with van der Waals surface area (Å²) in [5, 5.41) is 3.86. The Morgan fingerprint density at radius 2 is 1.82 bits per heavy atom. The number of amides is 1. The number of piperidine rings is 1. The maximum absolute atomic E-state index is 14.0. The SMILES string of the molecule is Cc1noc(/C=C/c2ccccc2F)c1S(=O)(=O)N1CCCC(C(=O)N2CCN(c3ccccn3)CC2)C1. The van der Waals surface area contributed by atoms with Crippen molar-refractivity contribution >= 4 is 33.9 Å². The molecule has 38 heavy (non-hydrogen) atoms. The second kappa shape index (κ2) is 11.0. The molecule has 200 valence electrons. The minimum absolute atomic E-state index is 0.0210. The van der Waals surface area contributed by atoms with Crippen LogP contribution in [0.3, 0.4) is 0 Å². The number of piperazine rings is 1. The van der Waals surface area contributed by atoms with Crippen LogP contribution in [-0.4, -0.2) is 72.9 Å². The lowest BCUT2D eigenvalue weighted by molar-refractivity contribution is -0.137. The summed E-state index contributed by atoms with van der Waals surface area (Å²) in [5.41, 5.74) is 0.522. The first-order chi connectivity index (χ1) is 18.3. The van der Waals surface area contributed by atoms with Crippen LogP contribution in [0.5, 0.6) is 0 Å². The lowest BCUT2D eigenvalue weighted by Crippen LogP contribution is -2.53. The van der Waals surface area contributed by atoms with E-state index in [4.69, 9.17) is 4.52 Å². The monoisotopic (exact) mass is 539 g/mol. The van der Waals surface area contributed by atoms with Crippen molar-refractivity contribution in [3.8, 4) is 0 Å². The van der Waals surface area contributed by atoms with E-state index in [1.54, 1.807) is 31.3 Å². The van der Waals surface area contributed by atoms with Crippen LogP contribution in [0.15, 0.2) is 58.1 Å². The Balaban J connectivity index is 1.28. The molecule has 0 bridgehead atoms. The van der Waals surface area contributed by atoms with Gasteiger partial charge in [-0.15, -0.1) is 0 Å². The molecule has 11 heteroatoms. The third-order valence-corrected chi connectivity index (χ3v) is 9.07. The first-order valence-electron chi connectivity index (χ1n) is 12.7. The maximum Gasteiger partial charge on any atom is 0.248 e. The summed E-state index contributed by atoms with van der Waals surface area (Å²) in [6.45, 7) is 4.45. The molecule has 1 unspecified atom stereocenters. The highest BCUT2D eigenvalue weighted by Crippen LogP contribution is 2.30. The summed E-state index contributed by atoms with van der Waals surface area (Å²) < 4.78 is 48.1. The molecular weight excluding hydrogens is 509 g/mol. The van der Waals surface area contributed by atoms with E-state index in [9.17, 15) is 17.6 Å². The summed E-state index contributed by atoms with van der Waals surface area (Å²) in [6, 6.07) is 11.9. The fourth-order valence-electron chi connectivity index (χ4n) is 5.02. The van der Waals surface area contributed by atoms with Crippen LogP contribution in [-0.2, 0) is 14.8 Å². The molecule has 1 aromatic carbocycles. The lowest BCUT2D eigenvalue weighted by Gasteiger charge is -2.39. The molecule has 0 aliphatic carbocycles. The summed E-state index contributed by atoms with van der Waals surface area (Å²) in [7, 11) is -3.99. The highest BCUT2D eigenvalue weighted by Gasteiger charge is 2.38. The van der Waals surface area contributed by atoms with Crippen molar-refractivity contribution < 1.29 is 22.1 Å². The Labute approximate surface area is 221 Å². The average molecular weight is 540 g/mol. The normalized spacial score (nSPS) is 19.3. The minimum atomic E-state index is -3.99. The van der Waals surface area contributed by atoms with Crippen LogP contribution < -0.4 is 4.90 Å². The largest absolute Gasteiger partial charge is 0.355 e. The zero-order valence-electron chi connectivity index (χ0n) is 21.2. The third-order valence-electron chi connectivity index (χ3n) is 7.05. The second-order valence-corrected chi connectivity index (χ2v) is 11.4. The van der Waals surface area contributed by atoms with Gasteiger partial charge in [-0.3, -0.25) is 4.79 Å². The Hall–Kier alpha value is -3.57. The number of anilines is 1. The van der Waals surface area contributed by atoms with Crippen molar-refractivity contribution in [1.29, 1.82) is 0 Å². The van der Waals surface area contributed by atoms with Crippen molar-refractivity contribution in [3.63, 3.8) is 0 Å². The number of carbonyl (C=O) groups is 1. The molecule has 2 saturated heterocycles. The first-order valence-corrected chi connectivity index (χ1v) is 14.1. The number of aromatic nitrogens is 2. The number of nitrogens with zero attached hydrogens (tertiary/aromatic N) is 5. The number of aryl methyl sites for hydroxylation is 1. The smallest absolute Gasteiger partial charge is 0.248 e. The van der Waals surface area contributed by atoms with Crippen molar-refractivity contribution in [2.24, 2.45) is 5.92 Å². The zero-order valence-corrected chi connectivity index (χ0v) is 22.0. The number of pyridine rings is 1. The molecule has 2 aliphatic rings. The molecule has 0 spiro atoms. The number of hydrogen-bond donors (Lipinski definition) is 0. The standard InChI is InChI=1S/C27H30FN5O4S/c1-20-26(24(37-30-20)12-11-21-7-2-3-9-23(21)28)38(35,36)33-14-6-8-22(19-33)27(34)32-17-15-31(16-18-32)25-10-4-5-13-29-25/h2-5,7,9-13,22H,6,8,14-19H2,1H3/b12-11+. The number of benzene rings is 1. The van der Waals surface area contributed by atoms with Gasteiger partial charge in [0.25, 0.3) is 0 Å². The molecule has 0 N–H and O–H groups in total. The van der Waals surface area contributed by atoms with E-state index in [1.807, 2.05) is 23.1 Å². The fraction of sp³-hybridized carbons (Fsp3) is 0.370. The number of rotatable bonds is 6. The van der Waals surface area contributed by atoms with Gasteiger partial charge in [-0.2, -0.15) is 4.31 Å². The zero-order chi connectivity index (χ0) is 26.7. The summed E-state index contributed by atoms with van der Waals surface area (Å²) in [6.07, 6.45) is 5.84. The van der Waals surface area contributed by atoms with Gasteiger partial charge in [0.05, 0.1) is 5.92 Å². The Kier molecular flexibility index (Phi) is 7.57. The minimum Gasteiger partial charge on any atom is -0.355 e. The van der Waals surface area contributed by atoms with Gasteiger partial charge in [0.2, 0.25) is 15.9 Å². The van der Waals surface area contributed by atoms with Crippen LogP contribution in [0.1, 0.15) is 29.9 Å². The van der Waals surface area contributed by atoms with Gasteiger partial charge in [0.1, 0.15) is 17.3 Å². The molecule has 9 nitrogen and oxygen atoms in total. The Morgan fingerprint density at radius 3 is 2.55 bits per heavy atom. The van der Waals surface area contributed by atoms with Crippen LogP contribution in [0, 0.1) is 18.7 Å². The van der Waals surface area contributed by atoms with Crippen LogP contribution in [0.2, 0.25) is 0 Å². The van der Waals surface area contributed by atoms with E-state index in [1.165, 1.54) is 22.5 Å². The number of hydrogen-bond acceptors (Lipinski definition) is 7. The average Bonchev–Trinajstić information content (AvgIpc) is 3.33. The van der Waals surface area contributed by atoms with Gasteiger partial charge >= 0.3 is 0 Å². The number of sulfonamides is 1. The highest BCUT2D eigenvalue weighted by atomic mass is 32.2. The Morgan fingerprint density at radius 1 is 1.05 bits per heavy atom. The van der Waals surface area contributed by atoms with E-state index in [2.05, 4.69) is 15.0 Å². The summed E-state index contributed by atoms with van der Waals surface area (Å²) in [5.74, 6) is 0.0516. The molecule has 1 amide bonds. The predicted molar refractivity (Wildman–Crippen MR) is 141 cm³/mol. The molecule has 2 fully saturated rings. The molecule has 4 heterocycles. The van der Waals surface area contributed by atoms with Crippen molar-refractivity contribution in [2.45, 2.75) is 24.7 Å². The van der Waals surface area contributed by atoms with Crippen LogP contribution in [0.4, 0.5) is 10.2 Å². The topological polar surface area (TPSA) is 99.8 Å². The van der Waals surface area contributed by atoms with Crippen molar-refractivity contribution in [2.75, 3.05) is 44.2 Å². The van der Waals surface area contributed by atoms with Gasteiger partial charge in [0.15, 0.2) is 10.7 Å². The molecule has 5 rings (SSSR count). The third kappa shape index (κ3) is 5.34. The summed E-state index contributed by atoms with van der Waals surface area (Å²) >= 11 is 0. The molecule has 2 aliphatic heterocycles. The van der Waals surface area contributed by atoms with Gasteiger partial charge in [-0.1, -0.05) is 29.4 Å². The first kappa shape index (κ1) is 26.1. The van der Waals surface area contributed by atoms with Gasteiger partial charge in [0, 0.05) is 51.0 Å². The lowest BCUT2D eigenvalue weighted by atomic mass is 9.98. The van der Waals surface area contributed by atoms with Crippen LogP contribution in [0.25, 0.3) is 12.2 Å². The molecule has 0 saturated carbocycles. The molecule has 2 aromatic heterocycles. The molecule has 1 atom stereocenters. The number of carbonyl (C=O) groups excluding carboxylic acids is 1. The predicted octanol–water partition coefficient (Wildman–Crippen LogP) is 3.44. The van der Waals surface area contributed by atoms with Crippen LogP contribution >= 0.6 is 0 Å². The molecular formula is C27H30FN5O4S. The van der Waals surface area contributed by atoms with E-state index in [0.29, 0.717) is 51.1 Å².